The standard InChI is InChI=1S/C88H50N4O2/c1-9-25-65-57(17-1)58-18-2-10-26-66(58)87(65)69-29-13-5-21-61(69)81-71(87)43-45-77-83(81)63-23-7-15-31-75(63)91(77)55-39-33-51(34-40-55)85-89-73-49-53(37-47-79(73)93-85)54-38-48-80-74(50-54)90-86(94-80)52-35-41-56(42-36-52)92-76-32-16-8-24-64(76)84-78(92)46-44-72-82(84)62-22-6-14-30-70(62)88(72)67-27-11-3-19-59(67)60-20-4-12-28-68(60)88/h1-50H. The Morgan fingerprint density at radius 3 is 0.957 bits per heavy atom. The van der Waals surface area contributed by atoms with Crippen molar-refractivity contribution in [3.63, 3.8) is 0 Å². The predicted octanol–water partition coefficient (Wildman–Crippen LogP) is 21.9. The van der Waals surface area contributed by atoms with E-state index in [1.807, 2.05) is 12.1 Å². The number of oxazole rings is 2. The summed E-state index contributed by atoms with van der Waals surface area (Å²) in [5.74, 6) is 1.14. The number of hydrogen-bond donors (Lipinski definition) is 0. The van der Waals surface area contributed by atoms with Gasteiger partial charge in [0.25, 0.3) is 0 Å². The molecule has 0 aliphatic heterocycles. The van der Waals surface area contributed by atoms with Gasteiger partial charge in [-0.05, 0) is 197 Å². The van der Waals surface area contributed by atoms with Crippen LogP contribution in [0, 0.1) is 0 Å². The topological polar surface area (TPSA) is 61.9 Å². The molecule has 0 radical (unpaired) electrons. The molecule has 0 fully saturated rings. The molecule has 6 heteroatoms. The minimum Gasteiger partial charge on any atom is -0.436 e. The summed E-state index contributed by atoms with van der Waals surface area (Å²) in [7, 11) is 0. The molecule has 434 valence electrons. The third kappa shape index (κ3) is 6.29. The van der Waals surface area contributed by atoms with Gasteiger partial charge in [0.15, 0.2) is 11.2 Å². The number of benzene rings is 14. The highest BCUT2D eigenvalue weighted by atomic mass is 16.4. The third-order valence-corrected chi connectivity index (χ3v) is 21.4. The van der Waals surface area contributed by atoms with Crippen LogP contribution in [0.15, 0.2) is 312 Å². The average molecular weight is 1200 g/mol. The molecular formula is C88H50N4O2. The van der Waals surface area contributed by atoms with Gasteiger partial charge in [-0.1, -0.05) is 206 Å². The summed E-state index contributed by atoms with van der Waals surface area (Å²) in [5.41, 5.74) is 34.0. The maximum atomic E-state index is 6.51. The number of para-hydroxylation sites is 2. The third-order valence-electron chi connectivity index (χ3n) is 21.4. The molecule has 0 amide bonds. The van der Waals surface area contributed by atoms with Crippen LogP contribution in [0.4, 0.5) is 0 Å². The minimum absolute atomic E-state index is 0.414. The first-order valence-corrected chi connectivity index (χ1v) is 32.4. The van der Waals surface area contributed by atoms with E-state index in [2.05, 4.69) is 300 Å². The number of aromatic nitrogens is 4. The zero-order valence-corrected chi connectivity index (χ0v) is 50.5. The van der Waals surface area contributed by atoms with Crippen molar-refractivity contribution in [3.8, 4) is 89.9 Å². The second-order valence-electron chi connectivity index (χ2n) is 25.7. The monoisotopic (exact) mass is 1190 g/mol. The van der Waals surface area contributed by atoms with Gasteiger partial charge in [0.1, 0.15) is 11.0 Å². The van der Waals surface area contributed by atoms with Crippen molar-refractivity contribution in [1.82, 2.24) is 19.1 Å². The highest BCUT2D eigenvalue weighted by molar-refractivity contribution is 6.20. The fraction of sp³-hybridized carbons (Fsp3) is 0.0227. The van der Waals surface area contributed by atoms with Crippen molar-refractivity contribution in [2.75, 3.05) is 0 Å². The van der Waals surface area contributed by atoms with Crippen molar-refractivity contribution in [3.05, 3.63) is 348 Å². The van der Waals surface area contributed by atoms with E-state index in [1.165, 1.54) is 122 Å². The van der Waals surface area contributed by atoms with Gasteiger partial charge in [0, 0.05) is 44.0 Å². The van der Waals surface area contributed by atoms with Gasteiger partial charge in [0.05, 0.1) is 32.9 Å². The molecule has 6 nitrogen and oxygen atoms in total. The molecule has 0 bridgehead atoms. The lowest BCUT2D eigenvalue weighted by molar-refractivity contribution is 0.619. The van der Waals surface area contributed by atoms with Crippen LogP contribution in [0.5, 0.6) is 0 Å². The quantitative estimate of drug-likeness (QED) is 0.172. The highest BCUT2D eigenvalue weighted by Gasteiger charge is 2.54. The number of hydrogen-bond acceptors (Lipinski definition) is 4. The average Bonchev–Trinajstić information content (AvgIpc) is 1.51. The van der Waals surface area contributed by atoms with Gasteiger partial charge in [-0.3, -0.25) is 0 Å². The van der Waals surface area contributed by atoms with E-state index >= 15 is 0 Å². The number of fused-ring (bicyclic) bond motifs is 30. The minimum atomic E-state index is -0.414. The zero-order valence-electron chi connectivity index (χ0n) is 50.5. The smallest absolute Gasteiger partial charge is 0.227 e. The number of nitrogens with zero attached hydrogens (tertiary/aromatic N) is 4. The first-order chi connectivity index (χ1) is 46.6. The van der Waals surface area contributed by atoms with E-state index in [-0.39, 0.29) is 0 Å². The van der Waals surface area contributed by atoms with Crippen molar-refractivity contribution in [2.24, 2.45) is 0 Å². The molecular weight excluding hydrogens is 1140 g/mol. The Kier molecular flexibility index (Phi) is 9.75. The van der Waals surface area contributed by atoms with Gasteiger partial charge >= 0.3 is 0 Å². The molecule has 22 rings (SSSR count). The Morgan fingerprint density at radius 1 is 0.255 bits per heavy atom. The number of rotatable bonds is 5. The molecule has 2 spiro atoms. The van der Waals surface area contributed by atoms with Crippen molar-refractivity contribution in [1.29, 1.82) is 0 Å². The summed E-state index contributed by atoms with van der Waals surface area (Å²) < 4.78 is 17.9. The Bertz CT molecular complexity index is 5890. The van der Waals surface area contributed by atoms with Gasteiger partial charge < -0.3 is 18.0 Å². The molecule has 4 aliphatic rings. The Labute approximate surface area is 539 Å². The van der Waals surface area contributed by atoms with Crippen LogP contribution in [0.2, 0.25) is 0 Å². The summed E-state index contributed by atoms with van der Waals surface area (Å²) in [6.45, 7) is 0. The van der Waals surface area contributed by atoms with Crippen LogP contribution in [0.1, 0.15) is 44.5 Å². The second-order valence-corrected chi connectivity index (χ2v) is 25.7. The van der Waals surface area contributed by atoms with Crippen LogP contribution in [0.25, 0.3) is 156 Å². The van der Waals surface area contributed by atoms with E-state index in [1.54, 1.807) is 0 Å². The molecule has 0 saturated carbocycles. The first-order valence-electron chi connectivity index (χ1n) is 32.4. The van der Waals surface area contributed by atoms with E-state index in [0.29, 0.717) is 11.8 Å². The molecule has 4 aromatic heterocycles. The molecule has 94 heavy (non-hydrogen) atoms. The van der Waals surface area contributed by atoms with Crippen LogP contribution < -0.4 is 0 Å². The summed E-state index contributed by atoms with van der Waals surface area (Å²) in [6.07, 6.45) is 0. The summed E-state index contributed by atoms with van der Waals surface area (Å²) >= 11 is 0. The maximum absolute atomic E-state index is 6.51. The summed E-state index contributed by atoms with van der Waals surface area (Å²) in [4.78, 5) is 10.2. The van der Waals surface area contributed by atoms with Crippen LogP contribution in [-0.2, 0) is 10.8 Å². The SMILES string of the molecule is c1ccc2c(c1)-c1ccccc1C21c2ccccc2-c2c1ccc1c2c2ccccc2n1-c1ccc(-c2nc3cc(-c4ccc5oc(-c6ccc(-n7c8ccccc8c8c9c(ccc87)C7(c8ccccc8-c8ccccc87)c7ccccc7-9)cc6)nc5c4)ccc3o2)cc1. The van der Waals surface area contributed by atoms with Crippen LogP contribution in [-0.4, -0.2) is 19.1 Å². The van der Waals surface area contributed by atoms with Gasteiger partial charge in [0.2, 0.25) is 11.8 Å². The fourth-order valence-electron chi connectivity index (χ4n) is 17.8. The molecule has 0 atom stereocenters. The zero-order chi connectivity index (χ0) is 61.1. The maximum Gasteiger partial charge on any atom is 0.227 e. The summed E-state index contributed by atoms with van der Waals surface area (Å²) in [5, 5.41) is 5.01. The Balaban J connectivity index is 0.577. The molecule has 4 aliphatic carbocycles. The Hall–Kier alpha value is -12.4. The lowest BCUT2D eigenvalue weighted by Gasteiger charge is -2.30. The molecule has 0 N–H and O–H groups in total. The van der Waals surface area contributed by atoms with E-state index in [9.17, 15) is 0 Å². The highest BCUT2D eigenvalue weighted by Crippen LogP contribution is 2.66. The lowest BCUT2D eigenvalue weighted by Crippen LogP contribution is -2.25. The Morgan fingerprint density at radius 2 is 0.574 bits per heavy atom. The molecule has 4 heterocycles. The fourth-order valence-corrected chi connectivity index (χ4v) is 17.8. The van der Waals surface area contributed by atoms with Gasteiger partial charge in [-0.15, -0.1) is 0 Å². The molecule has 0 unspecified atom stereocenters. The van der Waals surface area contributed by atoms with Crippen LogP contribution in [0.3, 0.4) is 0 Å². The predicted molar refractivity (Wildman–Crippen MR) is 379 cm³/mol. The van der Waals surface area contributed by atoms with Crippen molar-refractivity contribution >= 4 is 65.8 Å². The van der Waals surface area contributed by atoms with Gasteiger partial charge in [-0.25, -0.2) is 9.97 Å². The second kappa shape index (κ2) is 18.2. The van der Waals surface area contributed by atoms with Gasteiger partial charge in [-0.2, -0.15) is 0 Å². The normalized spacial score (nSPS) is 13.9. The first kappa shape index (κ1) is 50.4. The van der Waals surface area contributed by atoms with E-state index < -0.39 is 10.8 Å². The van der Waals surface area contributed by atoms with E-state index in [0.717, 1.165) is 66.9 Å². The van der Waals surface area contributed by atoms with Crippen molar-refractivity contribution in [2.45, 2.75) is 10.8 Å². The van der Waals surface area contributed by atoms with Crippen molar-refractivity contribution < 1.29 is 8.83 Å². The van der Waals surface area contributed by atoms with E-state index in [4.69, 9.17) is 18.8 Å². The molecule has 18 aromatic rings. The van der Waals surface area contributed by atoms with Crippen LogP contribution >= 0.6 is 0 Å². The molecule has 0 saturated heterocycles. The summed E-state index contributed by atoms with van der Waals surface area (Å²) in [6, 6.07) is 111. The molecule has 14 aromatic carbocycles. The lowest BCUT2D eigenvalue weighted by atomic mass is 9.70. The largest absolute Gasteiger partial charge is 0.436 e.